The third-order valence-electron chi connectivity index (χ3n) is 2.84. The molecule has 1 fully saturated rings. The third-order valence-corrected chi connectivity index (χ3v) is 5.18. The molecular weight excluding hydrogens is 244 g/mol. The summed E-state index contributed by atoms with van der Waals surface area (Å²) in [6.07, 6.45) is 4.71. The minimum absolute atomic E-state index is 0.225. The molecule has 2 rings (SSSR count). The van der Waals surface area contributed by atoms with Crippen molar-refractivity contribution in [2.75, 3.05) is 12.8 Å². The first-order valence-corrected chi connectivity index (χ1v) is 7.23. The Bertz CT molecular complexity index is 388. The lowest BCUT2D eigenvalue weighted by Gasteiger charge is -2.12. The van der Waals surface area contributed by atoms with E-state index in [1.54, 1.807) is 6.07 Å². The summed E-state index contributed by atoms with van der Waals surface area (Å²) in [5.41, 5.74) is 1.01. The van der Waals surface area contributed by atoms with Gasteiger partial charge in [-0.15, -0.1) is 0 Å². The van der Waals surface area contributed by atoms with Crippen LogP contribution >= 0.6 is 23.1 Å². The van der Waals surface area contributed by atoms with Gasteiger partial charge in [-0.05, 0) is 24.7 Å². The zero-order chi connectivity index (χ0) is 11.6. The van der Waals surface area contributed by atoms with E-state index in [-0.39, 0.29) is 9.92 Å². The molecular formula is C10H14N2O2S2. The van der Waals surface area contributed by atoms with E-state index in [9.17, 15) is 10.1 Å². The molecule has 0 saturated heterocycles. The highest BCUT2D eigenvalue weighted by molar-refractivity contribution is 8.00. The van der Waals surface area contributed by atoms with Gasteiger partial charge in [0.05, 0.1) is 4.92 Å². The Hall–Kier alpha value is -0.590. The molecule has 4 nitrogen and oxygen atoms in total. The molecule has 0 aliphatic heterocycles. The molecule has 0 spiro atoms. The van der Waals surface area contributed by atoms with Gasteiger partial charge in [-0.1, -0.05) is 11.3 Å². The molecule has 0 atom stereocenters. The van der Waals surface area contributed by atoms with Crippen molar-refractivity contribution in [1.29, 1.82) is 0 Å². The van der Waals surface area contributed by atoms with Crippen molar-refractivity contribution in [3.8, 4) is 0 Å². The van der Waals surface area contributed by atoms with Gasteiger partial charge in [-0.25, -0.2) is 0 Å². The van der Waals surface area contributed by atoms with Crippen LogP contribution in [0.25, 0.3) is 0 Å². The average molecular weight is 258 g/mol. The summed E-state index contributed by atoms with van der Waals surface area (Å²) in [5.74, 6) is 0. The zero-order valence-corrected chi connectivity index (χ0v) is 10.7. The second-order valence-electron chi connectivity index (χ2n) is 4.04. The van der Waals surface area contributed by atoms with Gasteiger partial charge in [0.2, 0.25) is 0 Å². The molecule has 0 amide bonds. The maximum Gasteiger partial charge on any atom is 0.324 e. The van der Waals surface area contributed by atoms with E-state index in [1.807, 2.05) is 17.1 Å². The molecule has 0 radical (unpaired) electrons. The maximum atomic E-state index is 10.5. The molecule has 0 aromatic carbocycles. The normalized spacial score (nSPS) is 17.3. The Labute approximate surface area is 103 Å². The van der Waals surface area contributed by atoms with Crippen LogP contribution in [0.15, 0.2) is 11.4 Å². The smallest absolute Gasteiger partial charge is 0.311 e. The third kappa shape index (κ3) is 2.75. The minimum Gasteiger partial charge on any atom is -0.311 e. The second kappa shape index (κ2) is 4.73. The highest BCUT2D eigenvalue weighted by Gasteiger charge is 2.41. The summed E-state index contributed by atoms with van der Waals surface area (Å²) >= 11 is 3.11. The molecule has 1 aromatic heterocycles. The number of thiophene rings is 1. The molecule has 1 aliphatic carbocycles. The molecule has 16 heavy (non-hydrogen) atoms. The number of nitro groups is 1. The molecule has 1 saturated carbocycles. The van der Waals surface area contributed by atoms with Crippen molar-refractivity contribution in [1.82, 2.24) is 5.32 Å². The minimum atomic E-state index is -0.335. The van der Waals surface area contributed by atoms with E-state index < -0.39 is 0 Å². The molecule has 1 aliphatic rings. The number of rotatable bonds is 6. The molecule has 1 aromatic rings. The van der Waals surface area contributed by atoms with Crippen LogP contribution in [-0.4, -0.2) is 22.5 Å². The van der Waals surface area contributed by atoms with Crippen LogP contribution in [-0.2, 0) is 6.54 Å². The molecule has 0 bridgehead atoms. The average Bonchev–Trinajstić information content (AvgIpc) is 2.88. The Morgan fingerprint density at radius 2 is 2.44 bits per heavy atom. The molecule has 6 heteroatoms. The fraction of sp³-hybridized carbons (Fsp3) is 0.600. The van der Waals surface area contributed by atoms with Crippen LogP contribution in [0.4, 0.5) is 5.00 Å². The maximum absolute atomic E-state index is 10.5. The van der Waals surface area contributed by atoms with Gasteiger partial charge < -0.3 is 5.32 Å². The SMILES string of the molecule is CSC1(CNCc2csc([N+](=O)[O-])c2)CC1. The van der Waals surface area contributed by atoms with Gasteiger partial charge in [0, 0.05) is 29.3 Å². The van der Waals surface area contributed by atoms with Crippen molar-refractivity contribution in [2.45, 2.75) is 24.1 Å². The summed E-state index contributed by atoms with van der Waals surface area (Å²) < 4.78 is 0.446. The lowest BCUT2D eigenvalue weighted by atomic mass is 10.3. The van der Waals surface area contributed by atoms with Crippen molar-refractivity contribution in [3.63, 3.8) is 0 Å². The Kier molecular flexibility index (Phi) is 3.51. The predicted molar refractivity (Wildman–Crippen MR) is 68.2 cm³/mol. The van der Waals surface area contributed by atoms with E-state index in [2.05, 4.69) is 11.6 Å². The van der Waals surface area contributed by atoms with Crippen molar-refractivity contribution < 1.29 is 4.92 Å². The predicted octanol–water partition coefficient (Wildman–Crippen LogP) is 2.64. The zero-order valence-electron chi connectivity index (χ0n) is 9.06. The highest BCUT2D eigenvalue weighted by Crippen LogP contribution is 2.46. The second-order valence-corrected chi connectivity index (χ2v) is 6.20. The van der Waals surface area contributed by atoms with E-state index in [4.69, 9.17) is 0 Å². The first-order valence-electron chi connectivity index (χ1n) is 5.13. The molecule has 1 heterocycles. The molecule has 0 unspecified atom stereocenters. The number of hydrogen-bond acceptors (Lipinski definition) is 5. The van der Waals surface area contributed by atoms with Gasteiger partial charge in [-0.2, -0.15) is 11.8 Å². The lowest BCUT2D eigenvalue weighted by molar-refractivity contribution is -0.380. The lowest BCUT2D eigenvalue weighted by Crippen LogP contribution is -2.25. The Morgan fingerprint density at radius 1 is 1.69 bits per heavy atom. The summed E-state index contributed by atoms with van der Waals surface area (Å²) in [6.45, 7) is 1.73. The standard InChI is InChI=1S/C10H14N2O2S2/c1-15-10(2-3-10)7-11-5-8-4-9(12(13)14)16-6-8/h4,6,11H,2-3,5,7H2,1H3. The number of thioether (sulfide) groups is 1. The number of nitrogens with zero attached hydrogens (tertiary/aromatic N) is 1. The van der Waals surface area contributed by atoms with Crippen LogP contribution in [0.5, 0.6) is 0 Å². The van der Waals surface area contributed by atoms with Crippen LogP contribution in [0.2, 0.25) is 0 Å². The van der Waals surface area contributed by atoms with Crippen molar-refractivity contribution in [2.24, 2.45) is 0 Å². The van der Waals surface area contributed by atoms with Crippen LogP contribution in [0.1, 0.15) is 18.4 Å². The summed E-state index contributed by atoms with van der Waals surface area (Å²) in [6, 6.07) is 1.65. The summed E-state index contributed by atoms with van der Waals surface area (Å²) in [7, 11) is 0. The quantitative estimate of drug-likeness (QED) is 0.629. The van der Waals surface area contributed by atoms with Gasteiger partial charge >= 0.3 is 5.00 Å². The van der Waals surface area contributed by atoms with Gasteiger partial charge in [0.1, 0.15) is 0 Å². The van der Waals surface area contributed by atoms with E-state index >= 15 is 0 Å². The molecule has 88 valence electrons. The number of hydrogen-bond donors (Lipinski definition) is 1. The van der Waals surface area contributed by atoms with Crippen molar-refractivity contribution in [3.05, 3.63) is 27.1 Å². The van der Waals surface area contributed by atoms with Crippen LogP contribution in [0, 0.1) is 10.1 Å². The topological polar surface area (TPSA) is 55.2 Å². The first kappa shape index (κ1) is 11.9. The van der Waals surface area contributed by atoms with Crippen molar-refractivity contribution >= 4 is 28.1 Å². The molecule has 1 N–H and O–H groups in total. The highest BCUT2D eigenvalue weighted by atomic mass is 32.2. The number of nitrogens with one attached hydrogen (secondary N) is 1. The monoisotopic (exact) mass is 258 g/mol. The fourth-order valence-corrected chi connectivity index (χ4v) is 3.06. The van der Waals surface area contributed by atoms with Gasteiger partial charge in [0.25, 0.3) is 0 Å². The first-order chi connectivity index (χ1) is 7.65. The Morgan fingerprint density at radius 3 is 2.94 bits per heavy atom. The van der Waals surface area contributed by atoms with Crippen LogP contribution < -0.4 is 5.32 Å². The summed E-state index contributed by atoms with van der Waals surface area (Å²) in [4.78, 5) is 10.2. The van der Waals surface area contributed by atoms with E-state index in [0.717, 1.165) is 18.7 Å². The van der Waals surface area contributed by atoms with Gasteiger partial charge in [0.15, 0.2) is 0 Å². The van der Waals surface area contributed by atoms with Gasteiger partial charge in [-0.3, -0.25) is 10.1 Å². The fourth-order valence-electron chi connectivity index (χ4n) is 1.58. The van der Waals surface area contributed by atoms with E-state index in [1.165, 1.54) is 24.2 Å². The van der Waals surface area contributed by atoms with E-state index in [0.29, 0.717) is 4.75 Å². The Balaban J connectivity index is 1.79. The summed E-state index contributed by atoms with van der Waals surface area (Å²) in [5, 5.41) is 15.9. The van der Waals surface area contributed by atoms with Crippen LogP contribution in [0.3, 0.4) is 0 Å². The largest absolute Gasteiger partial charge is 0.324 e.